The highest BCUT2D eigenvalue weighted by Crippen LogP contribution is 2.43. The largest absolute Gasteiger partial charge is 0.310 e. The lowest BCUT2D eigenvalue weighted by molar-refractivity contribution is 0.393. The van der Waals surface area contributed by atoms with Gasteiger partial charge in [0.05, 0.1) is 0 Å². The van der Waals surface area contributed by atoms with Crippen molar-refractivity contribution in [2.75, 3.05) is 6.54 Å². The van der Waals surface area contributed by atoms with Gasteiger partial charge in [-0.2, -0.15) is 0 Å². The lowest BCUT2D eigenvalue weighted by Gasteiger charge is -2.22. The number of hydrogen-bond donors (Lipinski definition) is 1. The summed E-state index contributed by atoms with van der Waals surface area (Å²) in [5.74, 6) is 3.33. The van der Waals surface area contributed by atoms with Gasteiger partial charge in [0.1, 0.15) is 0 Å². The van der Waals surface area contributed by atoms with Gasteiger partial charge in [-0.15, -0.1) is 0 Å². The molecule has 2 aliphatic rings. The SMILES string of the molecule is CC(C)Cc1ccc(C(C)NCC2CC3C=CC2C3)cc1. The lowest BCUT2D eigenvalue weighted by atomic mass is 9.93. The topological polar surface area (TPSA) is 12.0 Å². The van der Waals surface area contributed by atoms with Crippen LogP contribution in [0, 0.1) is 23.7 Å². The van der Waals surface area contributed by atoms with E-state index in [2.05, 4.69) is 62.5 Å². The first kappa shape index (κ1) is 14.8. The number of allylic oxidation sites excluding steroid dienone is 2. The molecule has 0 aliphatic heterocycles. The minimum atomic E-state index is 0.459. The van der Waals surface area contributed by atoms with Crippen molar-refractivity contribution in [3.05, 3.63) is 47.5 Å². The molecule has 1 saturated carbocycles. The fraction of sp³-hybridized carbons (Fsp3) is 0.600. The van der Waals surface area contributed by atoms with E-state index in [0.29, 0.717) is 6.04 Å². The molecular formula is C20H29N. The number of fused-ring (bicyclic) bond motifs is 2. The molecule has 1 N–H and O–H groups in total. The van der Waals surface area contributed by atoms with E-state index in [0.717, 1.165) is 23.7 Å². The molecule has 0 aromatic heterocycles. The Morgan fingerprint density at radius 2 is 1.81 bits per heavy atom. The molecule has 3 rings (SSSR count). The highest BCUT2D eigenvalue weighted by Gasteiger charge is 2.35. The summed E-state index contributed by atoms with van der Waals surface area (Å²) in [5.41, 5.74) is 2.88. The van der Waals surface area contributed by atoms with Gasteiger partial charge in [-0.3, -0.25) is 0 Å². The Morgan fingerprint density at radius 1 is 1.05 bits per heavy atom. The highest BCUT2D eigenvalue weighted by molar-refractivity contribution is 5.25. The van der Waals surface area contributed by atoms with E-state index >= 15 is 0 Å². The van der Waals surface area contributed by atoms with Crippen molar-refractivity contribution in [3.63, 3.8) is 0 Å². The molecule has 2 aliphatic carbocycles. The van der Waals surface area contributed by atoms with E-state index in [-0.39, 0.29) is 0 Å². The van der Waals surface area contributed by atoms with E-state index in [9.17, 15) is 0 Å². The van der Waals surface area contributed by atoms with Crippen LogP contribution in [0.3, 0.4) is 0 Å². The van der Waals surface area contributed by atoms with Crippen LogP contribution in [0.25, 0.3) is 0 Å². The van der Waals surface area contributed by atoms with Crippen LogP contribution in [0.2, 0.25) is 0 Å². The normalized spacial score (nSPS) is 28.5. The van der Waals surface area contributed by atoms with Crippen molar-refractivity contribution in [2.45, 2.75) is 46.1 Å². The van der Waals surface area contributed by atoms with Crippen molar-refractivity contribution in [1.29, 1.82) is 0 Å². The molecule has 1 aromatic carbocycles. The van der Waals surface area contributed by atoms with Gasteiger partial charge in [0.15, 0.2) is 0 Å². The molecule has 1 aromatic rings. The number of hydrogen-bond acceptors (Lipinski definition) is 1. The Labute approximate surface area is 129 Å². The van der Waals surface area contributed by atoms with Crippen LogP contribution in [-0.2, 0) is 6.42 Å². The molecule has 0 amide bonds. The summed E-state index contributed by atoms with van der Waals surface area (Å²) in [6.07, 6.45) is 8.86. The van der Waals surface area contributed by atoms with Crippen LogP contribution >= 0.6 is 0 Å². The first-order valence-corrected chi connectivity index (χ1v) is 8.62. The second-order valence-electron chi connectivity index (χ2n) is 7.51. The van der Waals surface area contributed by atoms with E-state index in [1.807, 2.05) is 0 Å². The molecule has 0 heterocycles. The molecule has 0 saturated heterocycles. The standard InChI is InChI=1S/C20H29N/c1-14(2)10-16-4-7-18(8-5-16)15(3)21-13-20-12-17-6-9-19(20)11-17/h4-9,14-15,17,19-21H,10-13H2,1-3H3. The van der Waals surface area contributed by atoms with Gasteiger partial charge in [0.25, 0.3) is 0 Å². The molecule has 0 spiro atoms. The monoisotopic (exact) mass is 283 g/mol. The first-order valence-electron chi connectivity index (χ1n) is 8.62. The molecule has 1 heteroatoms. The fourth-order valence-electron chi connectivity index (χ4n) is 3.99. The zero-order valence-electron chi connectivity index (χ0n) is 13.7. The molecule has 1 nitrogen and oxygen atoms in total. The maximum atomic E-state index is 3.75. The summed E-state index contributed by atoms with van der Waals surface area (Å²) in [6.45, 7) is 8.02. The molecular weight excluding hydrogens is 254 g/mol. The van der Waals surface area contributed by atoms with Crippen molar-refractivity contribution >= 4 is 0 Å². The molecule has 114 valence electrons. The van der Waals surface area contributed by atoms with E-state index in [4.69, 9.17) is 0 Å². The van der Waals surface area contributed by atoms with Gasteiger partial charge < -0.3 is 5.32 Å². The Kier molecular flexibility index (Phi) is 4.49. The van der Waals surface area contributed by atoms with Crippen molar-refractivity contribution in [2.24, 2.45) is 23.7 Å². The summed E-state index contributed by atoms with van der Waals surface area (Å²) in [4.78, 5) is 0. The minimum Gasteiger partial charge on any atom is -0.310 e. The van der Waals surface area contributed by atoms with E-state index < -0.39 is 0 Å². The second-order valence-corrected chi connectivity index (χ2v) is 7.51. The third kappa shape index (κ3) is 3.58. The summed E-state index contributed by atoms with van der Waals surface area (Å²) >= 11 is 0. The van der Waals surface area contributed by atoms with Crippen molar-refractivity contribution in [3.8, 4) is 0 Å². The Morgan fingerprint density at radius 3 is 2.38 bits per heavy atom. The average Bonchev–Trinajstić information content (AvgIpc) is 3.07. The highest BCUT2D eigenvalue weighted by atomic mass is 14.9. The summed E-state index contributed by atoms with van der Waals surface area (Å²) in [7, 11) is 0. The Bertz CT molecular complexity index is 485. The molecule has 2 bridgehead atoms. The van der Waals surface area contributed by atoms with Crippen molar-refractivity contribution < 1.29 is 0 Å². The van der Waals surface area contributed by atoms with Crippen LogP contribution in [0.4, 0.5) is 0 Å². The van der Waals surface area contributed by atoms with Crippen LogP contribution in [-0.4, -0.2) is 6.54 Å². The van der Waals surface area contributed by atoms with Crippen molar-refractivity contribution in [1.82, 2.24) is 5.32 Å². The summed E-state index contributed by atoms with van der Waals surface area (Å²) in [5, 5.41) is 3.75. The van der Waals surface area contributed by atoms with Crippen LogP contribution < -0.4 is 5.32 Å². The van der Waals surface area contributed by atoms with Gasteiger partial charge in [-0.25, -0.2) is 0 Å². The third-order valence-electron chi connectivity index (χ3n) is 5.23. The molecule has 1 fully saturated rings. The van der Waals surface area contributed by atoms with Crippen LogP contribution in [0.1, 0.15) is 50.8 Å². The zero-order chi connectivity index (χ0) is 14.8. The third-order valence-corrected chi connectivity index (χ3v) is 5.23. The predicted molar refractivity (Wildman–Crippen MR) is 90.2 cm³/mol. The Hall–Kier alpha value is -1.08. The molecule has 0 radical (unpaired) electrons. The van der Waals surface area contributed by atoms with Crippen LogP contribution in [0.15, 0.2) is 36.4 Å². The van der Waals surface area contributed by atoms with E-state index in [1.54, 1.807) is 0 Å². The quantitative estimate of drug-likeness (QED) is 0.743. The molecule has 4 unspecified atom stereocenters. The number of benzene rings is 1. The van der Waals surface area contributed by atoms with Gasteiger partial charge in [0, 0.05) is 6.04 Å². The molecule has 4 atom stereocenters. The minimum absolute atomic E-state index is 0.459. The first-order chi connectivity index (χ1) is 10.1. The van der Waals surface area contributed by atoms with Gasteiger partial charge in [0.2, 0.25) is 0 Å². The van der Waals surface area contributed by atoms with Gasteiger partial charge in [-0.05, 0) is 67.5 Å². The smallest absolute Gasteiger partial charge is 0.0291 e. The second kappa shape index (κ2) is 6.36. The summed E-state index contributed by atoms with van der Waals surface area (Å²) in [6, 6.07) is 9.66. The maximum Gasteiger partial charge on any atom is 0.0291 e. The zero-order valence-corrected chi connectivity index (χ0v) is 13.7. The fourth-order valence-corrected chi connectivity index (χ4v) is 3.99. The Balaban J connectivity index is 1.51. The average molecular weight is 283 g/mol. The van der Waals surface area contributed by atoms with E-state index in [1.165, 1.54) is 36.9 Å². The number of rotatable bonds is 6. The number of nitrogens with one attached hydrogen (secondary N) is 1. The molecule has 21 heavy (non-hydrogen) atoms. The van der Waals surface area contributed by atoms with Gasteiger partial charge >= 0.3 is 0 Å². The lowest BCUT2D eigenvalue weighted by Crippen LogP contribution is -2.27. The summed E-state index contributed by atoms with van der Waals surface area (Å²) < 4.78 is 0. The van der Waals surface area contributed by atoms with Crippen LogP contribution in [0.5, 0.6) is 0 Å². The maximum absolute atomic E-state index is 3.75. The van der Waals surface area contributed by atoms with Gasteiger partial charge in [-0.1, -0.05) is 50.3 Å². The predicted octanol–water partition coefficient (Wildman–Crippen LogP) is 4.75.